The topological polar surface area (TPSA) is 111 Å². The fourth-order valence-electron chi connectivity index (χ4n) is 2.54. The first-order valence-electron chi connectivity index (χ1n) is 6.59. The van der Waals surface area contributed by atoms with Crippen LogP contribution >= 0.6 is 11.6 Å². The maximum Gasteiger partial charge on any atom is 0.276 e. The molecule has 1 unspecified atom stereocenters. The molecule has 2 aromatic heterocycles. The van der Waals surface area contributed by atoms with Crippen LogP contribution in [0.4, 0.5) is 5.95 Å². The Balaban J connectivity index is 2.22. The lowest BCUT2D eigenvalue weighted by molar-refractivity contribution is 0.843. The van der Waals surface area contributed by atoms with Gasteiger partial charge >= 0.3 is 0 Å². The van der Waals surface area contributed by atoms with E-state index < -0.39 is 0 Å². The number of nitrogen functional groups attached to an aromatic ring is 1. The maximum absolute atomic E-state index is 11.9. The van der Waals surface area contributed by atoms with Crippen LogP contribution in [0.2, 0.25) is 5.02 Å². The van der Waals surface area contributed by atoms with Gasteiger partial charge in [0.2, 0.25) is 5.95 Å². The number of rotatable bonds is 3. The number of nitriles is 1. The smallest absolute Gasteiger partial charge is 0.276 e. The molecule has 0 bridgehead atoms. The van der Waals surface area contributed by atoms with Gasteiger partial charge in [0, 0.05) is 29.1 Å². The van der Waals surface area contributed by atoms with Crippen LogP contribution in [-0.4, -0.2) is 15.0 Å². The summed E-state index contributed by atoms with van der Waals surface area (Å²) in [5.74, 6) is -0.202. The zero-order chi connectivity index (χ0) is 15.7. The summed E-state index contributed by atoms with van der Waals surface area (Å²) < 4.78 is 0. The molecular formula is C15H12ClN5O. The van der Waals surface area contributed by atoms with Gasteiger partial charge in [0.25, 0.3) is 5.56 Å². The van der Waals surface area contributed by atoms with Crippen LogP contribution in [0.3, 0.4) is 0 Å². The van der Waals surface area contributed by atoms with Crippen LogP contribution < -0.4 is 11.3 Å². The molecule has 0 radical (unpaired) electrons. The molecule has 0 saturated heterocycles. The Bertz CT molecular complexity index is 937. The molecule has 3 rings (SSSR count). The Labute approximate surface area is 130 Å². The summed E-state index contributed by atoms with van der Waals surface area (Å²) in [6.07, 6.45) is 1.93. The minimum atomic E-state index is -0.337. The van der Waals surface area contributed by atoms with Crippen molar-refractivity contribution in [2.24, 2.45) is 0 Å². The van der Waals surface area contributed by atoms with Crippen molar-refractivity contribution in [1.29, 1.82) is 5.26 Å². The third-order valence-electron chi connectivity index (χ3n) is 3.51. The van der Waals surface area contributed by atoms with E-state index >= 15 is 0 Å². The number of hydrogen-bond donors (Lipinski definition) is 3. The fourth-order valence-corrected chi connectivity index (χ4v) is 2.74. The number of fused-ring (bicyclic) bond motifs is 1. The van der Waals surface area contributed by atoms with Crippen LogP contribution in [0.1, 0.15) is 23.5 Å². The SMILES string of the molecule is N#CCC(c1cccc(Cl)c1)c1c[nH]c2c(=O)[nH]c(N)nc12. The van der Waals surface area contributed by atoms with Gasteiger partial charge in [-0.2, -0.15) is 5.26 Å². The second-order valence-corrected chi connectivity index (χ2v) is 5.33. The Morgan fingerprint density at radius 1 is 1.45 bits per heavy atom. The monoisotopic (exact) mass is 313 g/mol. The number of nitrogens with one attached hydrogen (secondary N) is 2. The summed E-state index contributed by atoms with van der Waals surface area (Å²) in [6, 6.07) is 9.46. The van der Waals surface area contributed by atoms with Crippen LogP contribution in [0.5, 0.6) is 0 Å². The number of benzene rings is 1. The van der Waals surface area contributed by atoms with Crippen molar-refractivity contribution < 1.29 is 0 Å². The molecule has 0 spiro atoms. The summed E-state index contributed by atoms with van der Waals surface area (Å²) in [6.45, 7) is 0. The second kappa shape index (κ2) is 5.54. The molecule has 6 nitrogen and oxygen atoms in total. The molecule has 110 valence electrons. The minimum absolute atomic E-state index is 0.0418. The van der Waals surface area contributed by atoms with Crippen LogP contribution in [0.15, 0.2) is 35.3 Å². The van der Waals surface area contributed by atoms with Gasteiger partial charge in [-0.1, -0.05) is 23.7 Å². The van der Waals surface area contributed by atoms with E-state index in [2.05, 4.69) is 21.0 Å². The predicted octanol–water partition coefficient (Wildman–Crippen LogP) is 2.53. The molecule has 0 fully saturated rings. The van der Waals surface area contributed by atoms with Crippen molar-refractivity contribution in [1.82, 2.24) is 15.0 Å². The Morgan fingerprint density at radius 3 is 3.00 bits per heavy atom. The van der Waals surface area contributed by atoms with Crippen LogP contribution in [0.25, 0.3) is 11.0 Å². The maximum atomic E-state index is 11.9. The number of anilines is 1. The number of H-pyrrole nitrogens is 2. The molecule has 0 aliphatic heterocycles. The van der Waals surface area contributed by atoms with Gasteiger partial charge in [0.05, 0.1) is 6.07 Å². The minimum Gasteiger partial charge on any atom is -0.369 e. The average Bonchev–Trinajstić information content (AvgIpc) is 2.88. The summed E-state index contributed by atoms with van der Waals surface area (Å²) in [5, 5.41) is 9.73. The second-order valence-electron chi connectivity index (χ2n) is 4.89. The molecule has 1 atom stereocenters. The summed E-state index contributed by atoms with van der Waals surface area (Å²) in [5.41, 5.74) is 7.73. The molecule has 7 heteroatoms. The predicted molar refractivity (Wildman–Crippen MR) is 84.7 cm³/mol. The molecule has 0 aliphatic rings. The molecular weight excluding hydrogens is 302 g/mol. The van der Waals surface area contributed by atoms with Gasteiger partial charge < -0.3 is 10.7 Å². The van der Waals surface area contributed by atoms with E-state index in [-0.39, 0.29) is 23.8 Å². The highest BCUT2D eigenvalue weighted by molar-refractivity contribution is 6.30. The highest BCUT2D eigenvalue weighted by Crippen LogP contribution is 2.32. The third-order valence-corrected chi connectivity index (χ3v) is 3.74. The zero-order valence-electron chi connectivity index (χ0n) is 11.4. The fraction of sp³-hybridized carbons (Fsp3) is 0.133. The standard InChI is InChI=1S/C15H12ClN5O/c16-9-3-1-2-8(6-9)10(4-5-17)11-7-19-13-12(11)20-15(18)21-14(13)22/h1-3,6-7,10,19H,4H2,(H3,18,20,21,22). The van der Waals surface area contributed by atoms with Crippen molar-refractivity contribution in [2.45, 2.75) is 12.3 Å². The normalized spacial score (nSPS) is 12.2. The van der Waals surface area contributed by atoms with Crippen molar-refractivity contribution in [3.05, 3.63) is 57.0 Å². The summed E-state index contributed by atoms with van der Waals surface area (Å²) in [4.78, 5) is 21.4. The largest absolute Gasteiger partial charge is 0.369 e. The quantitative estimate of drug-likeness (QED) is 0.689. The number of nitrogens with zero attached hydrogens (tertiary/aromatic N) is 2. The molecule has 3 aromatic rings. The molecule has 1 aromatic carbocycles. The van der Waals surface area contributed by atoms with E-state index in [0.29, 0.717) is 16.1 Å². The Kier molecular flexibility index (Phi) is 3.57. The lowest BCUT2D eigenvalue weighted by atomic mass is 9.90. The lowest BCUT2D eigenvalue weighted by Crippen LogP contribution is -2.11. The Morgan fingerprint density at radius 2 is 2.27 bits per heavy atom. The first kappa shape index (κ1) is 14.2. The van der Waals surface area contributed by atoms with E-state index in [9.17, 15) is 4.79 Å². The number of aromatic amines is 2. The van der Waals surface area contributed by atoms with E-state index in [1.54, 1.807) is 18.3 Å². The lowest BCUT2D eigenvalue weighted by Gasteiger charge is -2.13. The molecule has 2 heterocycles. The van der Waals surface area contributed by atoms with Crippen molar-refractivity contribution >= 4 is 28.6 Å². The van der Waals surface area contributed by atoms with Gasteiger partial charge in [-0.3, -0.25) is 9.78 Å². The van der Waals surface area contributed by atoms with Crippen LogP contribution in [-0.2, 0) is 0 Å². The highest BCUT2D eigenvalue weighted by atomic mass is 35.5. The number of hydrogen-bond acceptors (Lipinski definition) is 4. The molecule has 0 aliphatic carbocycles. The number of halogens is 1. The Hall–Kier alpha value is -2.78. The van der Waals surface area contributed by atoms with Gasteiger partial charge in [-0.05, 0) is 17.7 Å². The van der Waals surface area contributed by atoms with Crippen molar-refractivity contribution in [3.8, 4) is 6.07 Å². The van der Waals surface area contributed by atoms with E-state index in [0.717, 1.165) is 11.1 Å². The summed E-state index contributed by atoms with van der Waals surface area (Å²) in [7, 11) is 0. The molecule has 0 amide bonds. The zero-order valence-corrected chi connectivity index (χ0v) is 12.2. The van der Waals surface area contributed by atoms with Crippen LogP contribution in [0, 0.1) is 11.3 Å². The van der Waals surface area contributed by atoms with Crippen molar-refractivity contribution in [2.75, 3.05) is 5.73 Å². The number of nitrogens with two attached hydrogens (primary N) is 1. The summed E-state index contributed by atoms with van der Waals surface area (Å²) >= 11 is 6.04. The van der Waals surface area contributed by atoms with E-state index in [1.165, 1.54) is 0 Å². The van der Waals surface area contributed by atoms with E-state index in [4.69, 9.17) is 22.6 Å². The van der Waals surface area contributed by atoms with Gasteiger partial charge in [0.15, 0.2) is 0 Å². The van der Waals surface area contributed by atoms with Gasteiger partial charge in [-0.25, -0.2) is 4.98 Å². The third kappa shape index (κ3) is 2.43. The van der Waals surface area contributed by atoms with Gasteiger partial charge in [-0.15, -0.1) is 0 Å². The molecule has 4 N–H and O–H groups in total. The van der Waals surface area contributed by atoms with E-state index in [1.807, 2.05) is 12.1 Å². The number of aromatic nitrogens is 3. The first-order valence-corrected chi connectivity index (χ1v) is 6.97. The van der Waals surface area contributed by atoms with Gasteiger partial charge in [0.1, 0.15) is 11.0 Å². The molecule has 0 saturated carbocycles. The first-order chi connectivity index (χ1) is 10.6. The molecule has 22 heavy (non-hydrogen) atoms. The average molecular weight is 314 g/mol. The van der Waals surface area contributed by atoms with Crippen molar-refractivity contribution in [3.63, 3.8) is 0 Å². The highest BCUT2D eigenvalue weighted by Gasteiger charge is 2.20.